The van der Waals surface area contributed by atoms with Gasteiger partial charge in [0.05, 0.1) is 5.69 Å². The number of amides is 3. The SMILES string of the molecule is CC(=O)NCc1ccc(-c2csc(NC(=O)CCNC(=O)C(C)(C)C)n2)cc1. The lowest BCUT2D eigenvalue weighted by Gasteiger charge is -2.17. The van der Waals surface area contributed by atoms with Gasteiger partial charge in [-0.2, -0.15) is 0 Å². The highest BCUT2D eigenvalue weighted by Crippen LogP contribution is 2.25. The fourth-order valence-electron chi connectivity index (χ4n) is 2.22. The van der Waals surface area contributed by atoms with Crippen molar-refractivity contribution in [3.8, 4) is 11.3 Å². The molecule has 2 rings (SSSR count). The van der Waals surface area contributed by atoms with Crippen LogP contribution in [0.2, 0.25) is 0 Å². The summed E-state index contributed by atoms with van der Waals surface area (Å²) in [4.78, 5) is 39.2. The Bertz CT molecular complexity index is 838. The van der Waals surface area contributed by atoms with E-state index >= 15 is 0 Å². The number of nitrogens with zero attached hydrogens (tertiary/aromatic N) is 1. The van der Waals surface area contributed by atoms with Gasteiger partial charge in [-0.15, -0.1) is 11.3 Å². The third kappa shape index (κ3) is 6.77. The number of hydrogen-bond acceptors (Lipinski definition) is 5. The first-order valence-electron chi connectivity index (χ1n) is 9.02. The van der Waals surface area contributed by atoms with Crippen LogP contribution < -0.4 is 16.0 Å². The molecule has 8 heteroatoms. The third-order valence-corrected chi connectivity index (χ3v) is 4.62. The van der Waals surface area contributed by atoms with E-state index in [1.165, 1.54) is 18.3 Å². The average molecular weight is 403 g/mol. The lowest BCUT2D eigenvalue weighted by molar-refractivity contribution is -0.128. The van der Waals surface area contributed by atoms with Gasteiger partial charge in [0.25, 0.3) is 0 Å². The van der Waals surface area contributed by atoms with Gasteiger partial charge in [-0.05, 0) is 5.56 Å². The molecule has 7 nitrogen and oxygen atoms in total. The third-order valence-electron chi connectivity index (χ3n) is 3.86. The van der Waals surface area contributed by atoms with E-state index in [-0.39, 0.29) is 30.7 Å². The minimum absolute atomic E-state index is 0.0677. The summed E-state index contributed by atoms with van der Waals surface area (Å²) >= 11 is 1.35. The zero-order valence-electron chi connectivity index (χ0n) is 16.6. The predicted molar refractivity (Wildman–Crippen MR) is 111 cm³/mol. The molecule has 0 radical (unpaired) electrons. The number of carbonyl (C=O) groups is 3. The highest BCUT2D eigenvalue weighted by molar-refractivity contribution is 7.14. The van der Waals surface area contributed by atoms with Gasteiger partial charge in [0.1, 0.15) is 0 Å². The van der Waals surface area contributed by atoms with Crippen LogP contribution in [0.25, 0.3) is 11.3 Å². The lowest BCUT2D eigenvalue weighted by atomic mass is 9.96. The second-order valence-corrected chi connectivity index (χ2v) is 8.31. The maximum atomic E-state index is 12.0. The number of benzene rings is 1. The second kappa shape index (κ2) is 9.45. The maximum Gasteiger partial charge on any atom is 0.227 e. The molecule has 0 unspecified atom stereocenters. The van der Waals surface area contributed by atoms with Gasteiger partial charge in [0.15, 0.2) is 5.13 Å². The summed E-state index contributed by atoms with van der Waals surface area (Å²) in [6, 6.07) is 7.72. The fourth-order valence-corrected chi connectivity index (χ4v) is 2.96. The normalized spacial score (nSPS) is 11.0. The van der Waals surface area contributed by atoms with Crippen LogP contribution in [-0.2, 0) is 20.9 Å². The number of nitrogens with one attached hydrogen (secondary N) is 3. The zero-order chi connectivity index (χ0) is 20.7. The van der Waals surface area contributed by atoms with E-state index in [0.29, 0.717) is 11.7 Å². The van der Waals surface area contributed by atoms with Crippen LogP contribution in [-0.4, -0.2) is 29.3 Å². The number of carbonyl (C=O) groups excluding carboxylic acids is 3. The van der Waals surface area contributed by atoms with Crippen LogP contribution in [0.15, 0.2) is 29.6 Å². The Morgan fingerprint density at radius 3 is 2.36 bits per heavy atom. The number of aromatic nitrogens is 1. The van der Waals surface area contributed by atoms with Gasteiger partial charge in [-0.3, -0.25) is 14.4 Å². The molecule has 1 aromatic carbocycles. The molecule has 150 valence electrons. The molecule has 3 amide bonds. The van der Waals surface area contributed by atoms with Crippen molar-refractivity contribution >= 4 is 34.2 Å². The molecule has 0 bridgehead atoms. The first kappa shape index (κ1) is 21.6. The van der Waals surface area contributed by atoms with Crippen molar-refractivity contribution in [3.63, 3.8) is 0 Å². The Morgan fingerprint density at radius 2 is 1.75 bits per heavy atom. The van der Waals surface area contributed by atoms with Crippen LogP contribution in [0.5, 0.6) is 0 Å². The van der Waals surface area contributed by atoms with Crippen molar-refractivity contribution in [3.05, 3.63) is 35.2 Å². The monoisotopic (exact) mass is 402 g/mol. The molecule has 0 fully saturated rings. The van der Waals surface area contributed by atoms with Crippen molar-refractivity contribution in [2.75, 3.05) is 11.9 Å². The summed E-state index contributed by atoms with van der Waals surface area (Å²) in [5.41, 5.74) is 2.23. The Kier molecular flexibility index (Phi) is 7.28. The van der Waals surface area contributed by atoms with Crippen LogP contribution in [0.3, 0.4) is 0 Å². The number of thiazole rings is 1. The summed E-state index contributed by atoms with van der Waals surface area (Å²) in [6.07, 6.45) is 0.189. The summed E-state index contributed by atoms with van der Waals surface area (Å²) in [5.74, 6) is -0.346. The van der Waals surface area contributed by atoms with Crippen LogP contribution in [0.4, 0.5) is 5.13 Å². The van der Waals surface area contributed by atoms with Crippen molar-refractivity contribution in [2.24, 2.45) is 5.41 Å². The number of hydrogen-bond donors (Lipinski definition) is 3. The predicted octanol–water partition coefficient (Wildman–Crippen LogP) is 2.94. The summed E-state index contributed by atoms with van der Waals surface area (Å²) in [5, 5.41) is 10.7. The van der Waals surface area contributed by atoms with Crippen molar-refractivity contribution in [2.45, 2.75) is 40.7 Å². The van der Waals surface area contributed by atoms with Crippen LogP contribution >= 0.6 is 11.3 Å². The maximum absolute atomic E-state index is 12.0. The second-order valence-electron chi connectivity index (χ2n) is 7.45. The summed E-state index contributed by atoms with van der Waals surface area (Å²) in [6.45, 7) is 7.73. The largest absolute Gasteiger partial charge is 0.355 e. The van der Waals surface area contributed by atoms with Gasteiger partial charge in [-0.25, -0.2) is 4.98 Å². The molecular formula is C20H26N4O3S. The quantitative estimate of drug-likeness (QED) is 0.663. The number of rotatable bonds is 7. The average Bonchev–Trinajstić information content (AvgIpc) is 3.07. The van der Waals surface area contributed by atoms with Crippen molar-refractivity contribution in [1.29, 1.82) is 0 Å². The van der Waals surface area contributed by atoms with Gasteiger partial charge in [0.2, 0.25) is 17.7 Å². The molecule has 0 spiro atoms. The van der Waals surface area contributed by atoms with E-state index in [4.69, 9.17) is 0 Å². The minimum Gasteiger partial charge on any atom is -0.355 e. The molecule has 3 N–H and O–H groups in total. The molecule has 0 aliphatic heterocycles. The van der Waals surface area contributed by atoms with Gasteiger partial charge in [0, 0.05) is 42.8 Å². The summed E-state index contributed by atoms with van der Waals surface area (Å²) in [7, 11) is 0. The lowest BCUT2D eigenvalue weighted by Crippen LogP contribution is -2.36. The van der Waals surface area contributed by atoms with E-state index in [1.807, 2.05) is 50.4 Å². The number of anilines is 1. The van der Waals surface area contributed by atoms with Crippen LogP contribution in [0.1, 0.15) is 39.7 Å². The molecular weight excluding hydrogens is 376 g/mol. The Labute approximate surface area is 168 Å². The first-order valence-corrected chi connectivity index (χ1v) is 9.90. The molecule has 1 heterocycles. The van der Waals surface area contributed by atoms with E-state index < -0.39 is 5.41 Å². The Morgan fingerprint density at radius 1 is 1.07 bits per heavy atom. The van der Waals surface area contributed by atoms with E-state index in [0.717, 1.165) is 16.8 Å². The molecule has 0 aliphatic carbocycles. The van der Waals surface area contributed by atoms with Gasteiger partial charge in [-0.1, -0.05) is 45.0 Å². The molecule has 0 atom stereocenters. The first-order chi connectivity index (χ1) is 13.1. The highest BCUT2D eigenvalue weighted by atomic mass is 32.1. The Balaban J connectivity index is 1.85. The zero-order valence-corrected chi connectivity index (χ0v) is 17.4. The standard InChI is InChI=1S/C20H26N4O3S/c1-13(25)22-11-14-5-7-15(8-6-14)16-12-28-19(23-16)24-17(26)9-10-21-18(27)20(2,3)4/h5-8,12H,9-11H2,1-4H3,(H,21,27)(H,22,25)(H,23,24,26). The molecule has 0 aliphatic rings. The topological polar surface area (TPSA) is 100 Å². The van der Waals surface area contributed by atoms with E-state index in [2.05, 4.69) is 20.9 Å². The highest BCUT2D eigenvalue weighted by Gasteiger charge is 2.20. The molecule has 0 saturated heterocycles. The van der Waals surface area contributed by atoms with E-state index in [1.54, 1.807) is 0 Å². The molecule has 28 heavy (non-hydrogen) atoms. The van der Waals surface area contributed by atoms with E-state index in [9.17, 15) is 14.4 Å². The Hall–Kier alpha value is -2.74. The molecule has 1 aromatic heterocycles. The summed E-state index contributed by atoms with van der Waals surface area (Å²) < 4.78 is 0. The fraction of sp³-hybridized carbons (Fsp3) is 0.400. The van der Waals surface area contributed by atoms with Crippen molar-refractivity contribution in [1.82, 2.24) is 15.6 Å². The minimum atomic E-state index is -0.474. The van der Waals surface area contributed by atoms with Crippen molar-refractivity contribution < 1.29 is 14.4 Å². The van der Waals surface area contributed by atoms with Gasteiger partial charge >= 0.3 is 0 Å². The molecule has 0 saturated carbocycles. The van der Waals surface area contributed by atoms with Crippen LogP contribution in [0, 0.1) is 5.41 Å². The van der Waals surface area contributed by atoms with Gasteiger partial charge < -0.3 is 16.0 Å². The molecule has 2 aromatic rings. The smallest absolute Gasteiger partial charge is 0.227 e.